The molecule has 6 heteroatoms. The van der Waals surface area contributed by atoms with E-state index >= 15 is 0 Å². The molecule has 0 radical (unpaired) electrons. The number of rotatable bonds is 4. The van der Waals surface area contributed by atoms with Crippen LogP contribution in [-0.2, 0) is 6.42 Å². The summed E-state index contributed by atoms with van der Waals surface area (Å²) in [6.07, 6.45) is 2.03. The van der Waals surface area contributed by atoms with Gasteiger partial charge in [-0.05, 0) is 6.42 Å². The van der Waals surface area contributed by atoms with Crippen molar-refractivity contribution in [2.24, 2.45) is 4.99 Å². The van der Waals surface area contributed by atoms with E-state index in [9.17, 15) is 0 Å². The van der Waals surface area contributed by atoms with Crippen molar-refractivity contribution in [1.29, 1.82) is 0 Å². The number of hydrogen-bond donors (Lipinski definition) is 2. The Bertz CT molecular complexity index is 385. The van der Waals surface area contributed by atoms with Crippen LogP contribution in [0.1, 0.15) is 36.2 Å². The van der Waals surface area contributed by atoms with E-state index < -0.39 is 0 Å². The molecule has 0 fully saturated rings. The Morgan fingerprint density at radius 2 is 2.29 bits per heavy atom. The molecule has 17 heavy (non-hydrogen) atoms. The Labute approximate surface area is 106 Å². The van der Waals surface area contributed by atoms with Crippen molar-refractivity contribution in [3.05, 3.63) is 10.0 Å². The van der Waals surface area contributed by atoms with Crippen LogP contribution in [0.2, 0.25) is 0 Å². The minimum absolute atomic E-state index is 0.471. The third-order valence-electron chi connectivity index (χ3n) is 2.50. The summed E-state index contributed by atoms with van der Waals surface area (Å²) in [6.45, 7) is 7.08. The Hall–Kier alpha value is -1.17. The molecule has 0 saturated carbocycles. The van der Waals surface area contributed by atoms with Crippen LogP contribution in [0.5, 0.6) is 0 Å². The number of guanidine groups is 1. The minimum Gasteiger partial charge on any atom is -0.356 e. The summed E-state index contributed by atoms with van der Waals surface area (Å²) in [5, 5.41) is 17.1. The zero-order chi connectivity index (χ0) is 12.1. The van der Waals surface area contributed by atoms with Crippen LogP contribution in [0.25, 0.3) is 0 Å². The van der Waals surface area contributed by atoms with Gasteiger partial charge in [0, 0.05) is 32.0 Å². The number of hydrogen-bond acceptors (Lipinski definition) is 6. The lowest BCUT2D eigenvalue weighted by Gasteiger charge is -2.15. The first-order valence-electron chi connectivity index (χ1n) is 6.10. The molecule has 5 nitrogen and oxygen atoms in total. The lowest BCUT2D eigenvalue weighted by molar-refractivity contribution is 0.698. The van der Waals surface area contributed by atoms with Gasteiger partial charge in [-0.1, -0.05) is 13.8 Å². The molecule has 2 N–H and O–H groups in total. The Morgan fingerprint density at radius 1 is 1.41 bits per heavy atom. The highest BCUT2D eigenvalue weighted by Crippen LogP contribution is 2.18. The van der Waals surface area contributed by atoms with Crippen molar-refractivity contribution in [2.75, 3.05) is 19.6 Å². The van der Waals surface area contributed by atoms with Gasteiger partial charge in [-0.2, -0.15) is 0 Å². The molecular formula is C11H19N5S. The molecule has 0 saturated heterocycles. The van der Waals surface area contributed by atoms with Crippen molar-refractivity contribution >= 4 is 17.3 Å². The zero-order valence-electron chi connectivity index (χ0n) is 10.4. The summed E-state index contributed by atoms with van der Waals surface area (Å²) < 4.78 is 0. The van der Waals surface area contributed by atoms with Gasteiger partial charge >= 0.3 is 0 Å². The van der Waals surface area contributed by atoms with E-state index in [1.54, 1.807) is 11.3 Å². The van der Waals surface area contributed by atoms with Crippen LogP contribution < -0.4 is 10.6 Å². The molecule has 0 aliphatic carbocycles. The van der Waals surface area contributed by atoms with Crippen molar-refractivity contribution in [3.8, 4) is 0 Å². The highest BCUT2D eigenvalue weighted by Gasteiger charge is 2.08. The van der Waals surface area contributed by atoms with Crippen molar-refractivity contribution < 1.29 is 0 Å². The third-order valence-corrected chi connectivity index (χ3v) is 3.79. The summed E-state index contributed by atoms with van der Waals surface area (Å²) >= 11 is 1.71. The largest absolute Gasteiger partial charge is 0.356 e. The molecule has 1 aromatic rings. The molecule has 2 rings (SSSR count). The molecule has 2 heterocycles. The predicted octanol–water partition coefficient (Wildman–Crippen LogP) is 1.14. The van der Waals surface area contributed by atoms with Crippen LogP contribution in [0, 0.1) is 0 Å². The molecule has 0 amide bonds. The first kappa shape index (κ1) is 12.3. The Morgan fingerprint density at radius 3 is 2.94 bits per heavy atom. The van der Waals surface area contributed by atoms with Gasteiger partial charge in [0.25, 0.3) is 0 Å². The second-order valence-corrected chi connectivity index (χ2v) is 5.47. The van der Waals surface area contributed by atoms with Crippen LogP contribution in [-0.4, -0.2) is 35.8 Å². The maximum Gasteiger partial charge on any atom is 0.191 e. The molecule has 0 bridgehead atoms. The number of aromatic nitrogens is 2. The van der Waals surface area contributed by atoms with Crippen molar-refractivity contribution in [1.82, 2.24) is 20.8 Å². The summed E-state index contributed by atoms with van der Waals surface area (Å²) in [4.78, 5) is 4.36. The van der Waals surface area contributed by atoms with Gasteiger partial charge in [-0.3, -0.25) is 4.99 Å². The van der Waals surface area contributed by atoms with Gasteiger partial charge in [-0.15, -0.1) is 21.5 Å². The molecule has 1 aliphatic heterocycles. The first-order valence-corrected chi connectivity index (χ1v) is 6.92. The fourth-order valence-electron chi connectivity index (χ4n) is 1.54. The highest BCUT2D eigenvalue weighted by molar-refractivity contribution is 7.11. The smallest absolute Gasteiger partial charge is 0.191 e. The molecule has 0 unspecified atom stereocenters. The van der Waals surface area contributed by atoms with E-state index in [0.29, 0.717) is 5.92 Å². The van der Waals surface area contributed by atoms with Gasteiger partial charge in [-0.25, -0.2) is 0 Å². The average molecular weight is 253 g/mol. The zero-order valence-corrected chi connectivity index (χ0v) is 11.2. The minimum atomic E-state index is 0.471. The second kappa shape index (κ2) is 5.95. The monoisotopic (exact) mass is 253 g/mol. The lowest BCUT2D eigenvalue weighted by Crippen LogP contribution is -2.41. The topological polar surface area (TPSA) is 62.2 Å². The summed E-state index contributed by atoms with van der Waals surface area (Å²) in [7, 11) is 0. The van der Waals surface area contributed by atoms with E-state index in [0.717, 1.165) is 48.5 Å². The van der Waals surface area contributed by atoms with Crippen LogP contribution in [0.4, 0.5) is 0 Å². The maximum absolute atomic E-state index is 4.36. The van der Waals surface area contributed by atoms with Gasteiger partial charge in [0.15, 0.2) is 5.96 Å². The van der Waals surface area contributed by atoms with E-state index in [-0.39, 0.29) is 0 Å². The molecule has 1 aliphatic rings. The van der Waals surface area contributed by atoms with Crippen LogP contribution in [0.3, 0.4) is 0 Å². The number of nitrogens with one attached hydrogen (secondary N) is 2. The SMILES string of the molecule is CC(C)c1nnc(CCNC2=NCCCN2)s1. The predicted molar refractivity (Wildman–Crippen MR) is 70.6 cm³/mol. The molecule has 0 spiro atoms. The molecule has 0 atom stereocenters. The number of nitrogens with zero attached hydrogens (tertiary/aromatic N) is 3. The van der Waals surface area contributed by atoms with Crippen LogP contribution in [0.15, 0.2) is 4.99 Å². The summed E-state index contributed by atoms with van der Waals surface area (Å²) in [5.41, 5.74) is 0. The maximum atomic E-state index is 4.36. The van der Waals surface area contributed by atoms with Gasteiger partial charge < -0.3 is 10.6 Å². The average Bonchev–Trinajstić information content (AvgIpc) is 2.79. The van der Waals surface area contributed by atoms with E-state index in [1.807, 2.05) is 0 Å². The van der Waals surface area contributed by atoms with E-state index in [4.69, 9.17) is 0 Å². The Balaban J connectivity index is 1.75. The number of aliphatic imine (C=N–C) groups is 1. The third kappa shape index (κ3) is 3.66. The van der Waals surface area contributed by atoms with E-state index in [2.05, 4.69) is 39.7 Å². The fraction of sp³-hybridized carbons (Fsp3) is 0.727. The van der Waals surface area contributed by atoms with Crippen molar-refractivity contribution in [3.63, 3.8) is 0 Å². The van der Waals surface area contributed by atoms with Gasteiger partial charge in [0.1, 0.15) is 10.0 Å². The molecular weight excluding hydrogens is 234 g/mol. The standard InChI is InChI=1S/C11H19N5S/c1-8(2)10-16-15-9(17-10)4-7-14-11-12-5-3-6-13-11/h8H,3-7H2,1-2H3,(H2,12,13,14). The second-order valence-electron chi connectivity index (χ2n) is 4.38. The normalized spacial score (nSPS) is 15.6. The van der Waals surface area contributed by atoms with Gasteiger partial charge in [0.05, 0.1) is 0 Å². The molecule has 1 aromatic heterocycles. The molecule has 0 aromatic carbocycles. The van der Waals surface area contributed by atoms with Crippen molar-refractivity contribution in [2.45, 2.75) is 32.6 Å². The molecule has 94 valence electrons. The lowest BCUT2D eigenvalue weighted by atomic mass is 10.2. The van der Waals surface area contributed by atoms with Gasteiger partial charge in [0.2, 0.25) is 0 Å². The fourth-order valence-corrected chi connectivity index (χ4v) is 2.38. The summed E-state index contributed by atoms with van der Waals surface area (Å²) in [6, 6.07) is 0. The first-order chi connectivity index (χ1) is 8.25. The highest BCUT2D eigenvalue weighted by atomic mass is 32.1. The van der Waals surface area contributed by atoms with E-state index in [1.165, 1.54) is 0 Å². The Kier molecular flexibility index (Phi) is 4.30. The quantitative estimate of drug-likeness (QED) is 0.845. The van der Waals surface area contributed by atoms with Crippen LogP contribution >= 0.6 is 11.3 Å². The summed E-state index contributed by atoms with van der Waals surface area (Å²) in [5.74, 6) is 1.39.